The second kappa shape index (κ2) is 6.84. The van der Waals surface area contributed by atoms with Crippen LogP contribution in [-0.2, 0) is 0 Å². The summed E-state index contributed by atoms with van der Waals surface area (Å²) in [5.74, 6) is 1.73. The molecule has 2 aliphatic carbocycles. The Kier molecular flexibility index (Phi) is 4.20. The summed E-state index contributed by atoms with van der Waals surface area (Å²) in [7, 11) is 0. The molecule has 2 heteroatoms. The van der Waals surface area contributed by atoms with Crippen molar-refractivity contribution in [3.8, 4) is 5.75 Å². The van der Waals surface area contributed by atoms with E-state index in [0.29, 0.717) is 11.7 Å². The van der Waals surface area contributed by atoms with Crippen molar-refractivity contribution in [1.82, 2.24) is 0 Å². The van der Waals surface area contributed by atoms with E-state index in [1.54, 1.807) is 6.07 Å². The highest BCUT2D eigenvalue weighted by Gasteiger charge is 2.27. The topological polar surface area (TPSA) is 32.6 Å². The molecule has 1 aliphatic heterocycles. The largest absolute Gasteiger partial charge is 0.507 e. The Bertz CT molecular complexity index is 960. The Morgan fingerprint density at radius 3 is 2.67 bits per heavy atom. The first kappa shape index (κ1) is 16.6. The molecular weight excluding hydrogens is 330 g/mol. The summed E-state index contributed by atoms with van der Waals surface area (Å²) in [5.41, 5.74) is 6.82. The first-order valence-corrected chi connectivity index (χ1v) is 10.2. The minimum Gasteiger partial charge on any atom is -0.507 e. The quantitative estimate of drug-likeness (QED) is 0.687. The summed E-state index contributed by atoms with van der Waals surface area (Å²) in [4.78, 5) is 4.82. The second-order valence-electron chi connectivity index (χ2n) is 8.00. The van der Waals surface area contributed by atoms with Crippen LogP contribution in [0.5, 0.6) is 5.75 Å². The molecule has 1 saturated carbocycles. The molecular formula is C25H25NO. The molecule has 0 bridgehead atoms. The molecule has 3 aliphatic rings. The minimum atomic E-state index is 0.304. The molecule has 0 radical (unpaired) electrons. The summed E-state index contributed by atoms with van der Waals surface area (Å²) < 4.78 is 0. The zero-order valence-corrected chi connectivity index (χ0v) is 15.6. The maximum Gasteiger partial charge on any atom is 0.124 e. The highest BCUT2D eigenvalue weighted by Crippen LogP contribution is 2.43. The number of benzene rings is 2. The average molecular weight is 355 g/mol. The van der Waals surface area contributed by atoms with Crippen LogP contribution in [-0.4, -0.2) is 10.8 Å². The van der Waals surface area contributed by atoms with Gasteiger partial charge in [-0.05, 0) is 48.1 Å². The first-order valence-electron chi connectivity index (χ1n) is 10.2. The van der Waals surface area contributed by atoms with Gasteiger partial charge in [0.15, 0.2) is 0 Å². The van der Waals surface area contributed by atoms with Gasteiger partial charge in [-0.3, -0.25) is 4.99 Å². The molecule has 136 valence electrons. The normalized spacial score (nSPS) is 21.9. The van der Waals surface area contributed by atoms with E-state index >= 15 is 0 Å². The zero-order valence-electron chi connectivity index (χ0n) is 15.6. The van der Waals surface area contributed by atoms with Gasteiger partial charge in [-0.2, -0.15) is 0 Å². The summed E-state index contributed by atoms with van der Waals surface area (Å²) in [6, 6.07) is 14.3. The van der Waals surface area contributed by atoms with Gasteiger partial charge in [0.2, 0.25) is 0 Å². The van der Waals surface area contributed by atoms with Gasteiger partial charge in [-0.25, -0.2) is 0 Å². The Morgan fingerprint density at radius 1 is 0.963 bits per heavy atom. The third kappa shape index (κ3) is 3.03. The third-order valence-electron chi connectivity index (χ3n) is 6.34. The smallest absolute Gasteiger partial charge is 0.124 e. The van der Waals surface area contributed by atoms with Gasteiger partial charge in [-0.1, -0.05) is 61.8 Å². The number of nitrogens with zero attached hydrogens (tertiary/aromatic N) is 1. The van der Waals surface area contributed by atoms with Gasteiger partial charge < -0.3 is 5.11 Å². The van der Waals surface area contributed by atoms with Crippen LogP contribution >= 0.6 is 0 Å². The fraction of sp³-hybridized carbons (Fsp3) is 0.320. The third-order valence-corrected chi connectivity index (χ3v) is 6.34. The molecule has 27 heavy (non-hydrogen) atoms. The summed E-state index contributed by atoms with van der Waals surface area (Å²) in [6.07, 6.45) is 14.6. The number of para-hydroxylation sites is 1. The van der Waals surface area contributed by atoms with Gasteiger partial charge >= 0.3 is 0 Å². The number of aromatic hydroxyl groups is 1. The maximum absolute atomic E-state index is 10.1. The number of hydrogen-bond donors (Lipinski definition) is 1. The monoisotopic (exact) mass is 355 g/mol. The van der Waals surface area contributed by atoms with Crippen LogP contribution in [0.1, 0.15) is 66.7 Å². The number of phenolic OH excluding ortho intramolecular Hbond substituents is 1. The molecule has 5 rings (SSSR count). The van der Waals surface area contributed by atoms with Crippen LogP contribution in [0, 0.1) is 5.92 Å². The zero-order chi connectivity index (χ0) is 18.2. The fourth-order valence-electron chi connectivity index (χ4n) is 4.90. The number of fused-ring (bicyclic) bond motifs is 1. The van der Waals surface area contributed by atoms with E-state index in [2.05, 4.69) is 36.4 Å². The van der Waals surface area contributed by atoms with Crippen molar-refractivity contribution in [1.29, 1.82) is 0 Å². The van der Waals surface area contributed by atoms with Crippen LogP contribution in [0.15, 0.2) is 59.6 Å². The first-order chi connectivity index (χ1) is 13.3. The van der Waals surface area contributed by atoms with Gasteiger partial charge in [0.25, 0.3) is 0 Å². The predicted octanol–water partition coefficient (Wildman–Crippen LogP) is 6.32. The Morgan fingerprint density at radius 2 is 1.81 bits per heavy atom. The number of rotatable bonds is 3. The molecule has 1 fully saturated rings. The lowest BCUT2D eigenvalue weighted by atomic mass is 9.78. The maximum atomic E-state index is 10.1. The molecule has 0 amide bonds. The fourth-order valence-corrected chi connectivity index (χ4v) is 4.90. The van der Waals surface area contributed by atoms with E-state index in [1.807, 2.05) is 18.2 Å². The average Bonchev–Trinajstić information content (AvgIpc) is 3.36. The standard InChI is InChI=1S/C25H25NO/c27-25-9-5-4-8-22(25)24-15-14-23(26-24)19-11-13-21-18(16-19)10-12-20(21)17-6-2-1-3-7-17/h4-5,8-14,16-17,20,27H,1-3,6-7,15H2. The summed E-state index contributed by atoms with van der Waals surface area (Å²) >= 11 is 0. The van der Waals surface area contributed by atoms with Crippen molar-refractivity contribution < 1.29 is 5.11 Å². The predicted molar refractivity (Wildman–Crippen MR) is 112 cm³/mol. The number of allylic oxidation sites excluding steroid dienone is 2. The summed E-state index contributed by atoms with van der Waals surface area (Å²) in [5, 5.41) is 10.1. The van der Waals surface area contributed by atoms with E-state index in [-0.39, 0.29) is 0 Å². The van der Waals surface area contributed by atoms with E-state index < -0.39 is 0 Å². The molecule has 0 spiro atoms. The molecule has 2 nitrogen and oxygen atoms in total. The molecule has 1 heterocycles. The molecule has 1 N–H and O–H groups in total. The highest BCUT2D eigenvalue weighted by molar-refractivity contribution is 6.09. The lowest BCUT2D eigenvalue weighted by Gasteiger charge is -2.27. The molecule has 2 aromatic carbocycles. The van der Waals surface area contributed by atoms with Gasteiger partial charge in [0.1, 0.15) is 5.75 Å². The minimum absolute atomic E-state index is 0.304. The van der Waals surface area contributed by atoms with Gasteiger partial charge in [-0.15, -0.1) is 0 Å². The van der Waals surface area contributed by atoms with Crippen LogP contribution in [0.4, 0.5) is 0 Å². The van der Waals surface area contributed by atoms with Crippen molar-refractivity contribution in [3.63, 3.8) is 0 Å². The molecule has 2 aromatic rings. The van der Waals surface area contributed by atoms with E-state index in [9.17, 15) is 5.11 Å². The highest BCUT2D eigenvalue weighted by atomic mass is 16.3. The van der Waals surface area contributed by atoms with E-state index in [0.717, 1.165) is 29.3 Å². The van der Waals surface area contributed by atoms with Crippen LogP contribution < -0.4 is 0 Å². The van der Waals surface area contributed by atoms with Crippen molar-refractivity contribution in [2.24, 2.45) is 10.9 Å². The lowest BCUT2D eigenvalue weighted by Crippen LogP contribution is -2.13. The second-order valence-corrected chi connectivity index (χ2v) is 8.00. The Labute approximate surface area is 161 Å². The van der Waals surface area contributed by atoms with Crippen molar-refractivity contribution in [3.05, 3.63) is 76.9 Å². The Hall–Kier alpha value is -2.61. The number of phenols is 1. The van der Waals surface area contributed by atoms with Crippen molar-refractivity contribution >= 4 is 17.5 Å². The molecule has 1 unspecified atom stereocenters. The van der Waals surface area contributed by atoms with E-state index in [1.165, 1.54) is 48.8 Å². The van der Waals surface area contributed by atoms with Crippen LogP contribution in [0.25, 0.3) is 11.8 Å². The number of aliphatic imine (C=N–C) groups is 1. The SMILES string of the molecule is Oc1ccccc1C1=NC(c2ccc3c(c2)C=CC3C2CCCCC2)=CC1. The summed E-state index contributed by atoms with van der Waals surface area (Å²) in [6.45, 7) is 0. The van der Waals surface area contributed by atoms with Gasteiger partial charge in [0.05, 0.1) is 11.4 Å². The van der Waals surface area contributed by atoms with Crippen LogP contribution in [0.2, 0.25) is 0 Å². The van der Waals surface area contributed by atoms with Crippen molar-refractivity contribution in [2.45, 2.75) is 44.4 Å². The van der Waals surface area contributed by atoms with E-state index in [4.69, 9.17) is 4.99 Å². The lowest BCUT2D eigenvalue weighted by molar-refractivity contribution is 0.334. The Balaban J connectivity index is 1.40. The van der Waals surface area contributed by atoms with Gasteiger partial charge in [0, 0.05) is 23.5 Å². The van der Waals surface area contributed by atoms with Crippen LogP contribution in [0.3, 0.4) is 0 Å². The molecule has 0 saturated heterocycles. The van der Waals surface area contributed by atoms with Crippen molar-refractivity contribution in [2.75, 3.05) is 0 Å². The molecule has 1 atom stereocenters. The number of hydrogen-bond acceptors (Lipinski definition) is 2. The molecule has 0 aromatic heterocycles.